The zero-order valence-electron chi connectivity index (χ0n) is 17.4. The van der Waals surface area contributed by atoms with Crippen molar-refractivity contribution in [1.82, 2.24) is 9.88 Å². The summed E-state index contributed by atoms with van der Waals surface area (Å²) in [6, 6.07) is 8.96. The molecule has 1 aromatic carbocycles. The molecule has 2 aromatic rings. The van der Waals surface area contributed by atoms with E-state index in [0.29, 0.717) is 19.4 Å². The predicted molar refractivity (Wildman–Crippen MR) is 116 cm³/mol. The standard InChI is InChI=1S/C23H32N2O5/c26-16-19(27)15-25(18-6-2-1-3-7-18)23(29)8-4-5-13-30-20-10-11-21-17(14-20)9-12-22(28)24-21/h9-12,14,18-19,26-27H,1-8,13,15-16H2,(H,24,28). The topological polar surface area (TPSA) is 103 Å². The Kier molecular flexibility index (Phi) is 8.28. The molecule has 1 atom stereocenters. The highest BCUT2D eigenvalue weighted by atomic mass is 16.5. The van der Waals surface area contributed by atoms with Gasteiger partial charge in [0, 0.05) is 36.0 Å². The second-order valence-corrected chi connectivity index (χ2v) is 8.05. The Labute approximate surface area is 176 Å². The number of aromatic nitrogens is 1. The smallest absolute Gasteiger partial charge is 0.248 e. The second-order valence-electron chi connectivity index (χ2n) is 8.05. The number of ether oxygens (including phenoxy) is 1. The molecule has 0 aliphatic heterocycles. The van der Waals surface area contributed by atoms with E-state index in [1.165, 1.54) is 12.5 Å². The molecule has 30 heavy (non-hydrogen) atoms. The minimum Gasteiger partial charge on any atom is -0.494 e. The number of nitrogens with one attached hydrogen (secondary N) is 1. The molecule has 7 heteroatoms. The van der Waals surface area contributed by atoms with Gasteiger partial charge in [-0.3, -0.25) is 9.59 Å². The van der Waals surface area contributed by atoms with Crippen molar-refractivity contribution >= 4 is 16.8 Å². The lowest BCUT2D eigenvalue weighted by Gasteiger charge is -2.35. The fraction of sp³-hybridized carbons (Fsp3) is 0.565. The van der Waals surface area contributed by atoms with E-state index < -0.39 is 6.10 Å². The molecular weight excluding hydrogens is 384 g/mol. The lowest BCUT2D eigenvalue weighted by molar-refractivity contribution is -0.136. The van der Waals surface area contributed by atoms with Crippen molar-refractivity contribution in [2.75, 3.05) is 19.8 Å². The first-order valence-electron chi connectivity index (χ1n) is 10.9. The lowest BCUT2D eigenvalue weighted by Crippen LogP contribution is -2.46. The number of carbonyl (C=O) groups is 1. The number of fused-ring (bicyclic) bond motifs is 1. The van der Waals surface area contributed by atoms with Crippen molar-refractivity contribution in [3.05, 3.63) is 40.7 Å². The summed E-state index contributed by atoms with van der Waals surface area (Å²) < 4.78 is 5.79. The van der Waals surface area contributed by atoms with Gasteiger partial charge in [-0.25, -0.2) is 0 Å². The lowest BCUT2D eigenvalue weighted by atomic mass is 9.93. The van der Waals surface area contributed by atoms with Crippen LogP contribution in [0.15, 0.2) is 35.1 Å². The third-order valence-electron chi connectivity index (χ3n) is 5.70. The number of unbranched alkanes of at least 4 members (excludes halogenated alkanes) is 1. The molecule has 0 bridgehead atoms. The van der Waals surface area contributed by atoms with Crippen molar-refractivity contribution in [2.45, 2.75) is 63.5 Å². The number of carbonyl (C=O) groups excluding carboxylic acids is 1. The van der Waals surface area contributed by atoms with Crippen molar-refractivity contribution in [1.29, 1.82) is 0 Å². The minimum atomic E-state index is -0.887. The molecule has 1 aliphatic rings. The van der Waals surface area contributed by atoms with Crippen LogP contribution in [0.1, 0.15) is 51.4 Å². The van der Waals surface area contributed by atoms with Crippen LogP contribution in [0.2, 0.25) is 0 Å². The van der Waals surface area contributed by atoms with E-state index in [9.17, 15) is 19.8 Å². The van der Waals surface area contributed by atoms with Crippen LogP contribution in [0.3, 0.4) is 0 Å². The van der Waals surface area contributed by atoms with Crippen LogP contribution >= 0.6 is 0 Å². The summed E-state index contributed by atoms with van der Waals surface area (Å²) in [5, 5.41) is 19.9. The largest absolute Gasteiger partial charge is 0.494 e. The summed E-state index contributed by atoms with van der Waals surface area (Å²) in [6.07, 6.45) is 6.34. The summed E-state index contributed by atoms with van der Waals surface area (Å²) >= 11 is 0. The van der Waals surface area contributed by atoms with Crippen molar-refractivity contribution in [3.8, 4) is 5.75 Å². The minimum absolute atomic E-state index is 0.0454. The molecule has 1 aliphatic carbocycles. The van der Waals surface area contributed by atoms with Crippen molar-refractivity contribution < 1.29 is 19.7 Å². The average Bonchev–Trinajstić information content (AvgIpc) is 2.77. The van der Waals surface area contributed by atoms with E-state index in [0.717, 1.165) is 48.8 Å². The molecule has 0 saturated heterocycles. The Morgan fingerprint density at radius 2 is 1.97 bits per heavy atom. The summed E-state index contributed by atoms with van der Waals surface area (Å²) in [7, 11) is 0. The Morgan fingerprint density at radius 3 is 2.73 bits per heavy atom. The number of rotatable bonds is 10. The summed E-state index contributed by atoms with van der Waals surface area (Å²) in [4.78, 5) is 28.7. The molecule has 164 valence electrons. The number of H-pyrrole nitrogens is 1. The van der Waals surface area contributed by atoms with Gasteiger partial charge in [-0.15, -0.1) is 0 Å². The average molecular weight is 417 g/mol. The molecule has 1 amide bonds. The molecule has 3 rings (SSSR count). The van der Waals surface area contributed by atoms with E-state index in [1.807, 2.05) is 18.2 Å². The summed E-state index contributed by atoms with van der Waals surface area (Å²) in [6.45, 7) is 0.379. The highest BCUT2D eigenvalue weighted by Gasteiger charge is 2.26. The Hall–Kier alpha value is -2.38. The molecule has 1 heterocycles. The molecule has 0 radical (unpaired) electrons. The van der Waals surface area contributed by atoms with E-state index in [-0.39, 0.29) is 30.7 Å². The number of aliphatic hydroxyl groups is 2. The Morgan fingerprint density at radius 1 is 1.17 bits per heavy atom. The molecule has 3 N–H and O–H groups in total. The van der Waals surface area contributed by atoms with Crippen LogP contribution in [-0.4, -0.2) is 57.9 Å². The van der Waals surface area contributed by atoms with Gasteiger partial charge in [0.2, 0.25) is 11.5 Å². The second kappa shape index (κ2) is 11.1. The predicted octanol–water partition coefficient (Wildman–Crippen LogP) is 2.59. The Balaban J connectivity index is 1.45. The molecular formula is C23H32N2O5. The number of hydrogen-bond acceptors (Lipinski definition) is 5. The van der Waals surface area contributed by atoms with Gasteiger partial charge in [-0.2, -0.15) is 0 Å². The normalized spacial score (nSPS) is 15.8. The Bertz CT molecular complexity index is 875. The maximum atomic E-state index is 12.8. The number of hydrogen-bond donors (Lipinski definition) is 3. The summed E-state index contributed by atoms with van der Waals surface area (Å²) in [5.41, 5.74) is 0.642. The number of aromatic amines is 1. The number of aliphatic hydroxyl groups excluding tert-OH is 2. The number of nitrogens with zero attached hydrogens (tertiary/aromatic N) is 1. The molecule has 1 aromatic heterocycles. The maximum Gasteiger partial charge on any atom is 0.248 e. The fourth-order valence-electron chi connectivity index (χ4n) is 4.07. The first-order valence-corrected chi connectivity index (χ1v) is 10.9. The van der Waals surface area contributed by atoms with E-state index in [4.69, 9.17) is 4.74 Å². The van der Waals surface area contributed by atoms with Gasteiger partial charge in [0.05, 0.1) is 19.3 Å². The van der Waals surface area contributed by atoms with Crippen LogP contribution in [-0.2, 0) is 4.79 Å². The molecule has 1 fully saturated rings. The monoisotopic (exact) mass is 416 g/mol. The zero-order chi connectivity index (χ0) is 21.3. The summed E-state index contributed by atoms with van der Waals surface area (Å²) in [5.74, 6) is 0.778. The molecule has 1 unspecified atom stereocenters. The van der Waals surface area contributed by atoms with Gasteiger partial charge in [0.15, 0.2) is 0 Å². The fourth-order valence-corrected chi connectivity index (χ4v) is 4.07. The maximum absolute atomic E-state index is 12.8. The third kappa shape index (κ3) is 6.31. The first kappa shape index (κ1) is 22.3. The van der Waals surface area contributed by atoms with Crippen LogP contribution in [0.25, 0.3) is 10.9 Å². The number of amides is 1. The van der Waals surface area contributed by atoms with Gasteiger partial charge in [-0.05, 0) is 49.9 Å². The van der Waals surface area contributed by atoms with Crippen molar-refractivity contribution in [2.24, 2.45) is 0 Å². The highest BCUT2D eigenvalue weighted by molar-refractivity contribution is 5.79. The van der Waals surface area contributed by atoms with Crippen LogP contribution in [0.5, 0.6) is 5.75 Å². The zero-order valence-corrected chi connectivity index (χ0v) is 17.4. The van der Waals surface area contributed by atoms with Crippen LogP contribution in [0, 0.1) is 0 Å². The SMILES string of the molecule is O=C(CCCCOc1ccc2[nH]c(=O)ccc2c1)N(CC(O)CO)C1CCCCC1. The number of benzene rings is 1. The van der Waals surface area contributed by atoms with Gasteiger partial charge in [0.1, 0.15) is 5.75 Å². The molecule has 1 saturated carbocycles. The van der Waals surface area contributed by atoms with Gasteiger partial charge < -0.3 is 24.8 Å². The third-order valence-corrected chi connectivity index (χ3v) is 5.70. The molecule has 0 spiro atoms. The highest BCUT2D eigenvalue weighted by Crippen LogP contribution is 2.24. The van der Waals surface area contributed by atoms with E-state index >= 15 is 0 Å². The molecule has 7 nitrogen and oxygen atoms in total. The van der Waals surface area contributed by atoms with Gasteiger partial charge in [-0.1, -0.05) is 19.3 Å². The quantitative estimate of drug-likeness (QED) is 0.517. The van der Waals surface area contributed by atoms with Gasteiger partial charge >= 0.3 is 0 Å². The van der Waals surface area contributed by atoms with Crippen molar-refractivity contribution in [3.63, 3.8) is 0 Å². The van der Waals surface area contributed by atoms with Gasteiger partial charge in [0.25, 0.3) is 0 Å². The van der Waals surface area contributed by atoms with E-state index in [2.05, 4.69) is 4.98 Å². The van der Waals surface area contributed by atoms with Crippen LogP contribution < -0.4 is 10.3 Å². The first-order chi connectivity index (χ1) is 14.6. The van der Waals surface area contributed by atoms with E-state index in [1.54, 1.807) is 11.0 Å². The van der Waals surface area contributed by atoms with Crippen LogP contribution in [0.4, 0.5) is 0 Å². The number of pyridine rings is 1.